The van der Waals surface area contributed by atoms with Crippen molar-refractivity contribution in [3.63, 3.8) is 0 Å². The van der Waals surface area contributed by atoms with Crippen LogP contribution in [0.25, 0.3) is 5.69 Å². The lowest BCUT2D eigenvalue weighted by Gasteiger charge is -2.57. The molecule has 6 heteroatoms. The van der Waals surface area contributed by atoms with Gasteiger partial charge in [-0.3, -0.25) is 4.99 Å². The minimum absolute atomic E-state index is 0.145. The molecule has 5 rings (SSSR count). The molecule has 1 spiro atoms. The highest BCUT2D eigenvalue weighted by atomic mass is 16.5. The van der Waals surface area contributed by atoms with Gasteiger partial charge in [0.2, 0.25) is 0 Å². The molecular formula is C23H31N5O. The summed E-state index contributed by atoms with van der Waals surface area (Å²) in [5.74, 6) is 1.52. The van der Waals surface area contributed by atoms with Gasteiger partial charge in [-0.1, -0.05) is 25.0 Å². The molecule has 1 saturated heterocycles. The Hall–Kier alpha value is -2.34. The second-order valence-corrected chi connectivity index (χ2v) is 8.79. The molecule has 6 nitrogen and oxygen atoms in total. The van der Waals surface area contributed by atoms with Crippen LogP contribution in [0.5, 0.6) is 0 Å². The Labute approximate surface area is 172 Å². The average Bonchev–Trinajstić information content (AvgIpc) is 3.51. The van der Waals surface area contributed by atoms with E-state index < -0.39 is 0 Å². The number of fused-ring (bicyclic) bond motifs is 2. The zero-order valence-corrected chi connectivity index (χ0v) is 17.3. The van der Waals surface area contributed by atoms with Crippen molar-refractivity contribution in [1.29, 1.82) is 0 Å². The van der Waals surface area contributed by atoms with Gasteiger partial charge in [-0.25, -0.2) is 4.68 Å². The molecule has 0 bridgehead atoms. The Kier molecular flexibility index (Phi) is 4.82. The number of benzene rings is 1. The maximum absolute atomic E-state index is 6.13. The number of aliphatic imine (C=N–C) groups is 1. The summed E-state index contributed by atoms with van der Waals surface area (Å²) in [6.45, 7) is 3.10. The summed E-state index contributed by atoms with van der Waals surface area (Å²) in [6, 6.07) is 11.1. The Morgan fingerprint density at radius 2 is 2.17 bits per heavy atom. The standard InChI is InChI=1S/C23H31N5O/c1-16(17-7-5-8-18(15-17)28-13-6-12-25-28)26-22(24-2)27-20-19-9-14-29-21(19)23(20)10-3-4-11-23/h5-8,12-13,15-16,19-21H,3-4,9-11,14H2,1-2H3,(H2,24,26,27). The van der Waals surface area contributed by atoms with Gasteiger partial charge in [0.05, 0.1) is 17.8 Å². The average molecular weight is 394 g/mol. The maximum Gasteiger partial charge on any atom is 0.191 e. The van der Waals surface area contributed by atoms with Crippen LogP contribution >= 0.6 is 0 Å². The first-order chi connectivity index (χ1) is 14.2. The summed E-state index contributed by atoms with van der Waals surface area (Å²) in [5, 5.41) is 11.7. The van der Waals surface area contributed by atoms with Crippen LogP contribution in [0, 0.1) is 11.3 Å². The first-order valence-corrected chi connectivity index (χ1v) is 10.9. The van der Waals surface area contributed by atoms with Crippen LogP contribution < -0.4 is 10.6 Å². The van der Waals surface area contributed by atoms with Gasteiger partial charge >= 0.3 is 0 Å². The highest BCUT2D eigenvalue weighted by Crippen LogP contribution is 2.60. The Morgan fingerprint density at radius 3 is 2.93 bits per heavy atom. The van der Waals surface area contributed by atoms with Gasteiger partial charge in [0.1, 0.15) is 0 Å². The summed E-state index contributed by atoms with van der Waals surface area (Å²) in [4.78, 5) is 4.55. The molecule has 2 N–H and O–H groups in total. The molecule has 2 aromatic rings. The minimum atomic E-state index is 0.145. The van der Waals surface area contributed by atoms with Crippen molar-refractivity contribution < 1.29 is 4.74 Å². The van der Waals surface area contributed by atoms with Gasteiger partial charge in [0.15, 0.2) is 5.96 Å². The largest absolute Gasteiger partial charge is 0.377 e. The lowest BCUT2D eigenvalue weighted by molar-refractivity contribution is -0.125. The molecule has 4 atom stereocenters. The molecule has 2 aliphatic carbocycles. The lowest BCUT2D eigenvalue weighted by atomic mass is 9.54. The SMILES string of the molecule is CN=C(NC(C)c1cccc(-n2cccn2)c1)NC1C2CCOC2C12CCCC2. The number of nitrogens with zero attached hydrogens (tertiary/aromatic N) is 3. The van der Waals surface area contributed by atoms with Crippen LogP contribution in [-0.4, -0.2) is 41.5 Å². The Bertz CT molecular complexity index is 871. The van der Waals surface area contributed by atoms with Crippen molar-refractivity contribution in [3.05, 3.63) is 48.3 Å². The first-order valence-electron chi connectivity index (χ1n) is 10.9. The highest BCUT2D eigenvalue weighted by Gasteiger charge is 2.65. The van der Waals surface area contributed by atoms with Crippen molar-refractivity contribution in [2.75, 3.05) is 13.7 Å². The smallest absolute Gasteiger partial charge is 0.191 e. The van der Waals surface area contributed by atoms with E-state index in [4.69, 9.17) is 4.74 Å². The van der Waals surface area contributed by atoms with Gasteiger partial charge in [-0.05, 0) is 49.9 Å². The topological polar surface area (TPSA) is 63.5 Å². The third-order valence-electron chi connectivity index (χ3n) is 7.29. The summed E-state index contributed by atoms with van der Waals surface area (Å²) in [7, 11) is 1.87. The van der Waals surface area contributed by atoms with Crippen LogP contribution in [0.15, 0.2) is 47.7 Å². The summed E-state index contributed by atoms with van der Waals surface area (Å²) in [6.07, 6.45) is 10.6. The molecule has 2 heterocycles. The molecule has 1 aromatic heterocycles. The summed E-state index contributed by atoms with van der Waals surface area (Å²) < 4.78 is 8.02. The van der Waals surface area contributed by atoms with Crippen molar-refractivity contribution in [2.45, 2.75) is 57.2 Å². The zero-order chi connectivity index (χ0) is 19.8. The van der Waals surface area contributed by atoms with E-state index in [0.717, 1.165) is 18.3 Å². The second-order valence-electron chi connectivity index (χ2n) is 8.79. The number of hydrogen-bond acceptors (Lipinski definition) is 3. The van der Waals surface area contributed by atoms with Gasteiger partial charge in [-0.15, -0.1) is 0 Å². The van der Waals surface area contributed by atoms with Gasteiger partial charge in [0, 0.05) is 43.4 Å². The van der Waals surface area contributed by atoms with Gasteiger partial charge in [-0.2, -0.15) is 5.10 Å². The van der Waals surface area contributed by atoms with Crippen molar-refractivity contribution in [3.8, 4) is 5.69 Å². The minimum Gasteiger partial charge on any atom is -0.377 e. The third kappa shape index (κ3) is 3.14. The van der Waals surface area contributed by atoms with E-state index >= 15 is 0 Å². The predicted molar refractivity (Wildman–Crippen MR) is 114 cm³/mol. The monoisotopic (exact) mass is 393 g/mol. The normalized spacial score (nSPS) is 28.8. The van der Waals surface area contributed by atoms with Crippen LogP contribution in [0.1, 0.15) is 50.6 Å². The molecule has 2 saturated carbocycles. The fourth-order valence-electron chi connectivity index (χ4n) is 5.87. The van der Waals surface area contributed by atoms with Crippen molar-refractivity contribution in [1.82, 2.24) is 20.4 Å². The molecule has 1 aliphatic heterocycles. The molecule has 0 radical (unpaired) electrons. The molecule has 0 amide bonds. The quantitative estimate of drug-likeness (QED) is 0.617. The van der Waals surface area contributed by atoms with Crippen molar-refractivity contribution in [2.24, 2.45) is 16.3 Å². The summed E-state index contributed by atoms with van der Waals surface area (Å²) in [5.41, 5.74) is 2.60. The fourth-order valence-corrected chi connectivity index (χ4v) is 5.87. The predicted octanol–water partition coefficient (Wildman–Crippen LogP) is 3.45. The molecule has 3 fully saturated rings. The van der Waals surface area contributed by atoms with E-state index in [1.54, 1.807) is 6.20 Å². The Morgan fingerprint density at radius 1 is 1.31 bits per heavy atom. The van der Waals surface area contributed by atoms with Crippen LogP contribution in [-0.2, 0) is 4.74 Å². The first kappa shape index (κ1) is 18.7. The van der Waals surface area contributed by atoms with E-state index in [9.17, 15) is 0 Å². The third-order valence-corrected chi connectivity index (χ3v) is 7.29. The number of guanidine groups is 1. The summed E-state index contributed by atoms with van der Waals surface area (Å²) >= 11 is 0. The molecule has 1 aromatic carbocycles. The van der Waals surface area contributed by atoms with Crippen molar-refractivity contribution >= 4 is 5.96 Å². The van der Waals surface area contributed by atoms with E-state index in [0.29, 0.717) is 23.5 Å². The fraction of sp³-hybridized carbons (Fsp3) is 0.565. The van der Waals surface area contributed by atoms with Gasteiger partial charge < -0.3 is 15.4 Å². The van der Waals surface area contributed by atoms with Gasteiger partial charge in [0.25, 0.3) is 0 Å². The van der Waals surface area contributed by atoms with E-state index in [2.05, 4.69) is 51.9 Å². The Balaban J connectivity index is 1.29. The van der Waals surface area contributed by atoms with Crippen LogP contribution in [0.2, 0.25) is 0 Å². The van der Waals surface area contributed by atoms with E-state index in [1.165, 1.54) is 37.7 Å². The number of nitrogens with one attached hydrogen (secondary N) is 2. The maximum atomic E-state index is 6.13. The molecule has 29 heavy (non-hydrogen) atoms. The second kappa shape index (κ2) is 7.48. The molecular weight excluding hydrogens is 362 g/mol. The van der Waals surface area contributed by atoms with E-state index in [1.807, 2.05) is 24.0 Å². The van der Waals surface area contributed by atoms with Crippen LogP contribution in [0.4, 0.5) is 0 Å². The number of rotatable bonds is 4. The molecule has 3 aliphatic rings. The number of aromatic nitrogens is 2. The lowest BCUT2D eigenvalue weighted by Crippen LogP contribution is -2.69. The molecule has 154 valence electrons. The molecule has 4 unspecified atom stereocenters. The number of ether oxygens (including phenoxy) is 1. The van der Waals surface area contributed by atoms with E-state index in [-0.39, 0.29) is 6.04 Å². The van der Waals surface area contributed by atoms with Crippen LogP contribution in [0.3, 0.4) is 0 Å². The number of hydrogen-bond donors (Lipinski definition) is 2. The highest BCUT2D eigenvalue weighted by molar-refractivity contribution is 5.80. The zero-order valence-electron chi connectivity index (χ0n) is 17.3.